The maximum Gasteiger partial charge on any atom is 0.178 e. The molecule has 0 bridgehead atoms. The van der Waals surface area contributed by atoms with Crippen LogP contribution in [-0.2, 0) is 9.84 Å². The molecule has 1 aliphatic rings. The van der Waals surface area contributed by atoms with Crippen LogP contribution in [0, 0.1) is 0 Å². The summed E-state index contributed by atoms with van der Waals surface area (Å²) in [6.45, 7) is 0. The monoisotopic (exact) mass is 308 g/mol. The predicted molar refractivity (Wildman–Crippen MR) is 78.7 cm³/mol. The summed E-state index contributed by atoms with van der Waals surface area (Å²) < 4.78 is 24.1. The summed E-state index contributed by atoms with van der Waals surface area (Å²) in [6, 6.07) is 10.6. The van der Waals surface area contributed by atoms with Gasteiger partial charge in [-0.25, -0.2) is 13.4 Å². The van der Waals surface area contributed by atoms with Crippen molar-refractivity contribution in [2.24, 2.45) is 0 Å². The number of anilines is 1. The Morgan fingerprint density at radius 2 is 2.05 bits per heavy atom. The minimum atomic E-state index is -3.15. The molecule has 3 rings (SSSR count). The lowest BCUT2D eigenvalue weighted by Crippen LogP contribution is -2.24. The third-order valence-electron chi connectivity index (χ3n) is 3.37. The first-order valence-electron chi connectivity index (χ1n) is 6.26. The number of pyridine rings is 1. The summed E-state index contributed by atoms with van der Waals surface area (Å²) in [7, 11) is -3.15. The molecule has 1 aromatic carbocycles. The number of rotatable bonds is 2. The van der Waals surface area contributed by atoms with Gasteiger partial charge < -0.3 is 5.32 Å². The Labute approximate surface area is 122 Å². The number of nitrogens with zero attached hydrogens (tertiary/aromatic N) is 1. The zero-order valence-corrected chi connectivity index (χ0v) is 12.2. The highest BCUT2D eigenvalue weighted by molar-refractivity contribution is 7.91. The predicted octanol–water partition coefficient (Wildman–Crippen LogP) is 3.07. The number of aromatic nitrogens is 1. The Balaban J connectivity index is 1.96. The summed E-state index contributed by atoms with van der Waals surface area (Å²) in [5.74, 6) is 0.153. The summed E-state index contributed by atoms with van der Waals surface area (Å²) in [5.41, 5.74) is 1.65. The van der Waals surface area contributed by atoms with Crippen LogP contribution in [0.25, 0.3) is 0 Å². The van der Waals surface area contributed by atoms with Crippen LogP contribution in [0.2, 0.25) is 5.15 Å². The first-order chi connectivity index (χ1) is 9.56. The summed E-state index contributed by atoms with van der Waals surface area (Å²) in [5, 5.41) is 3.74. The van der Waals surface area contributed by atoms with E-state index in [4.69, 9.17) is 11.6 Å². The number of sulfone groups is 1. The fourth-order valence-corrected chi connectivity index (χ4v) is 4.23. The van der Waals surface area contributed by atoms with Gasteiger partial charge >= 0.3 is 0 Å². The van der Waals surface area contributed by atoms with Gasteiger partial charge in [0.15, 0.2) is 9.84 Å². The van der Waals surface area contributed by atoms with Crippen molar-refractivity contribution in [3.05, 3.63) is 53.3 Å². The molecule has 20 heavy (non-hydrogen) atoms. The third kappa shape index (κ3) is 2.51. The van der Waals surface area contributed by atoms with E-state index in [1.54, 1.807) is 24.4 Å². The smallest absolute Gasteiger partial charge is 0.178 e. The molecule has 2 heterocycles. The molecule has 1 unspecified atom stereocenters. The Morgan fingerprint density at radius 3 is 2.85 bits per heavy atom. The minimum absolute atomic E-state index is 0.0341. The molecular weight excluding hydrogens is 296 g/mol. The van der Waals surface area contributed by atoms with Crippen molar-refractivity contribution in [1.82, 2.24) is 4.98 Å². The molecule has 1 aromatic heterocycles. The van der Waals surface area contributed by atoms with Crippen LogP contribution < -0.4 is 5.32 Å². The number of fused-ring (bicyclic) bond motifs is 1. The molecule has 0 aliphatic carbocycles. The van der Waals surface area contributed by atoms with Crippen molar-refractivity contribution in [3.63, 3.8) is 0 Å². The highest BCUT2D eigenvalue weighted by Crippen LogP contribution is 2.34. The normalized spacial score (nSPS) is 20.1. The fourth-order valence-electron chi connectivity index (χ4n) is 2.43. The second kappa shape index (κ2) is 5.07. The zero-order chi connectivity index (χ0) is 14.2. The Kier molecular flexibility index (Phi) is 3.40. The second-order valence-corrected chi connectivity index (χ2v) is 7.17. The molecule has 1 aliphatic heterocycles. The van der Waals surface area contributed by atoms with Gasteiger partial charge in [-0.1, -0.05) is 29.8 Å². The van der Waals surface area contributed by atoms with Gasteiger partial charge in [-0.15, -0.1) is 0 Å². The quantitative estimate of drug-likeness (QED) is 0.866. The molecule has 4 nitrogen and oxygen atoms in total. The van der Waals surface area contributed by atoms with E-state index < -0.39 is 9.84 Å². The van der Waals surface area contributed by atoms with Gasteiger partial charge in [0, 0.05) is 11.9 Å². The van der Waals surface area contributed by atoms with Crippen LogP contribution in [0.4, 0.5) is 5.69 Å². The molecule has 0 saturated heterocycles. The van der Waals surface area contributed by atoms with Crippen molar-refractivity contribution in [1.29, 1.82) is 0 Å². The molecule has 6 heteroatoms. The number of benzene rings is 1. The molecule has 0 amide bonds. The average Bonchev–Trinajstić information content (AvgIpc) is 2.43. The summed E-state index contributed by atoms with van der Waals surface area (Å²) in [4.78, 5) is 4.35. The van der Waals surface area contributed by atoms with Gasteiger partial charge in [0.25, 0.3) is 0 Å². The molecule has 104 valence electrons. The second-order valence-electron chi connectivity index (χ2n) is 4.71. The van der Waals surface area contributed by atoms with Crippen molar-refractivity contribution in [2.45, 2.75) is 17.4 Å². The number of hydrogen-bond donors (Lipinski definition) is 1. The van der Waals surface area contributed by atoms with Crippen LogP contribution in [-0.4, -0.2) is 19.2 Å². The van der Waals surface area contributed by atoms with E-state index in [1.165, 1.54) is 0 Å². The molecule has 2 aromatic rings. The van der Waals surface area contributed by atoms with Crippen molar-refractivity contribution in [2.75, 3.05) is 11.1 Å². The van der Waals surface area contributed by atoms with E-state index >= 15 is 0 Å². The zero-order valence-electron chi connectivity index (χ0n) is 10.6. The van der Waals surface area contributed by atoms with Gasteiger partial charge in [-0.3, -0.25) is 0 Å². The minimum Gasteiger partial charge on any atom is -0.378 e. The van der Waals surface area contributed by atoms with E-state index in [1.807, 2.05) is 18.2 Å². The lowest BCUT2D eigenvalue weighted by atomic mass is 10.0. The summed E-state index contributed by atoms with van der Waals surface area (Å²) in [6.07, 6.45) is 2.16. The molecule has 0 spiro atoms. The highest BCUT2D eigenvalue weighted by Gasteiger charge is 2.29. The molecule has 1 atom stereocenters. The first-order valence-corrected chi connectivity index (χ1v) is 8.29. The standard InChI is InChI=1S/C14H13ClN2O2S/c15-14-9-10(5-7-16-14)17-12-6-8-20(18,19)13-4-2-1-3-11(12)13/h1-5,7,9,12H,6,8H2,(H,16,17). The summed E-state index contributed by atoms with van der Waals surface area (Å²) >= 11 is 5.86. The SMILES string of the molecule is O=S1(=O)CCC(Nc2ccnc(Cl)c2)c2ccccc21. The lowest BCUT2D eigenvalue weighted by Gasteiger charge is -2.27. The topological polar surface area (TPSA) is 59.1 Å². The van der Waals surface area contributed by atoms with Crippen molar-refractivity contribution < 1.29 is 8.42 Å². The molecule has 0 radical (unpaired) electrons. The van der Waals surface area contributed by atoms with Gasteiger partial charge in [-0.2, -0.15) is 0 Å². The first kappa shape index (κ1) is 13.4. The van der Waals surface area contributed by atoms with Crippen molar-refractivity contribution in [3.8, 4) is 0 Å². The highest BCUT2D eigenvalue weighted by atomic mass is 35.5. The lowest BCUT2D eigenvalue weighted by molar-refractivity contribution is 0.576. The van der Waals surface area contributed by atoms with E-state index in [0.29, 0.717) is 16.5 Å². The third-order valence-corrected chi connectivity index (χ3v) is 5.39. The van der Waals surface area contributed by atoms with Gasteiger partial charge in [0.1, 0.15) is 5.15 Å². The molecule has 0 fully saturated rings. The largest absolute Gasteiger partial charge is 0.378 e. The number of nitrogens with one attached hydrogen (secondary N) is 1. The van der Waals surface area contributed by atoms with Gasteiger partial charge in [0.05, 0.1) is 16.7 Å². The molecule has 1 N–H and O–H groups in total. The maximum absolute atomic E-state index is 12.1. The molecular formula is C14H13ClN2O2S. The van der Waals surface area contributed by atoms with Crippen LogP contribution in [0.1, 0.15) is 18.0 Å². The van der Waals surface area contributed by atoms with E-state index in [2.05, 4.69) is 10.3 Å². The van der Waals surface area contributed by atoms with Gasteiger partial charge in [0.2, 0.25) is 0 Å². The Hall–Kier alpha value is -1.59. The van der Waals surface area contributed by atoms with Crippen LogP contribution in [0.15, 0.2) is 47.5 Å². The Morgan fingerprint density at radius 1 is 1.25 bits per heavy atom. The van der Waals surface area contributed by atoms with Crippen LogP contribution in [0.3, 0.4) is 0 Å². The van der Waals surface area contributed by atoms with Crippen LogP contribution in [0.5, 0.6) is 0 Å². The maximum atomic E-state index is 12.1. The fraction of sp³-hybridized carbons (Fsp3) is 0.214. The molecule has 0 saturated carbocycles. The van der Waals surface area contributed by atoms with Crippen LogP contribution >= 0.6 is 11.6 Å². The van der Waals surface area contributed by atoms with E-state index in [9.17, 15) is 8.42 Å². The Bertz CT molecular complexity index is 746. The number of hydrogen-bond acceptors (Lipinski definition) is 4. The number of halogens is 1. The van der Waals surface area contributed by atoms with E-state index in [0.717, 1.165) is 11.3 Å². The van der Waals surface area contributed by atoms with Crippen molar-refractivity contribution >= 4 is 27.1 Å². The average molecular weight is 309 g/mol. The van der Waals surface area contributed by atoms with Gasteiger partial charge in [-0.05, 0) is 30.2 Å². The van der Waals surface area contributed by atoms with E-state index in [-0.39, 0.29) is 11.8 Å².